The van der Waals surface area contributed by atoms with Gasteiger partial charge in [-0.2, -0.15) is 0 Å². The molecule has 33 heavy (non-hydrogen) atoms. The first-order chi connectivity index (χ1) is 15.4. The fourth-order valence-corrected chi connectivity index (χ4v) is 3.79. The van der Waals surface area contributed by atoms with Crippen LogP contribution in [0.15, 0.2) is 24.4 Å². The van der Waals surface area contributed by atoms with Gasteiger partial charge in [-0.25, -0.2) is 13.6 Å². The van der Waals surface area contributed by atoms with Crippen LogP contribution in [0.25, 0.3) is 11.1 Å². The summed E-state index contributed by atoms with van der Waals surface area (Å²) in [5.41, 5.74) is 2.14. The van der Waals surface area contributed by atoms with Gasteiger partial charge in [-0.3, -0.25) is 4.98 Å². The Balaban J connectivity index is 1.84. The molecule has 180 valence electrons. The molecule has 0 spiro atoms. The van der Waals surface area contributed by atoms with E-state index in [-0.39, 0.29) is 36.2 Å². The van der Waals surface area contributed by atoms with E-state index in [1.807, 2.05) is 26.8 Å². The molecule has 3 rings (SSSR count). The maximum atomic E-state index is 14.1. The Labute approximate surface area is 193 Å². The van der Waals surface area contributed by atoms with Crippen LogP contribution < -0.4 is 14.8 Å². The van der Waals surface area contributed by atoms with Gasteiger partial charge in [-0.1, -0.05) is 13.8 Å². The molecule has 6 nitrogen and oxygen atoms in total. The van der Waals surface area contributed by atoms with Crippen molar-refractivity contribution >= 4 is 6.09 Å². The fourth-order valence-electron chi connectivity index (χ4n) is 3.79. The predicted octanol–water partition coefficient (Wildman–Crippen LogP) is 6.21. The van der Waals surface area contributed by atoms with Gasteiger partial charge in [0.2, 0.25) is 0 Å². The summed E-state index contributed by atoms with van der Waals surface area (Å²) in [4.78, 5) is 16.5. The van der Waals surface area contributed by atoms with E-state index >= 15 is 0 Å². The van der Waals surface area contributed by atoms with Gasteiger partial charge in [0.1, 0.15) is 35.9 Å². The van der Waals surface area contributed by atoms with Crippen molar-refractivity contribution in [3.63, 3.8) is 0 Å². The number of rotatable bonds is 7. The van der Waals surface area contributed by atoms with Crippen molar-refractivity contribution in [2.75, 3.05) is 6.61 Å². The summed E-state index contributed by atoms with van der Waals surface area (Å²) in [7, 11) is 0. The standard InChI is InChI=1S/C25H32F2N2O4/c1-14(2)9-17(29-24(30)33-25(4,5)6)13-31-20-8-7-18-19-10-15(3)28-11-16(19)12-32-22(18)21(20)23(26)27/h7-8,10-11,14,17,23H,9,12-13H2,1-6H3,(H,29,30)/t17-/m0/s1. The number of aryl methyl sites for hydroxylation is 1. The zero-order valence-electron chi connectivity index (χ0n) is 20.0. The average Bonchev–Trinajstić information content (AvgIpc) is 2.69. The first-order valence-corrected chi connectivity index (χ1v) is 11.1. The Morgan fingerprint density at radius 1 is 1.24 bits per heavy atom. The highest BCUT2D eigenvalue weighted by Crippen LogP contribution is 2.47. The minimum Gasteiger partial charge on any atom is -0.491 e. The highest BCUT2D eigenvalue weighted by atomic mass is 19.3. The normalized spacial score (nSPS) is 13.8. The Bertz CT molecular complexity index is 1000. The van der Waals surface area contributed by atoms with Crippen molar-refractivity contribution in [2.45, 2.75) is 72.6 Å². The maximum Gasteiger partial charge on any atom is 0.407 e. The average molecular weight is 463 g/mol. The van der Waals surface area contributed by atoms with Crippen LogP contribution in [-0.2, 0) is 11.3 Å². The molecule has 0 saturated carbocycles. The third kappa shape index (κ3) is 6.33. The van der Waals surface area contributed by atoms with Crippen LogP contribution in [0.1, 0.15) is 64.3 Å². The number of amides is 1. The Morgan fingerprint density at radius 3 is 2.61 bits per heavy atom. The van der Waals surface area contributed by atoms with Gasteiger partial charge in [0.05, 0.1) is 6.04 Å². The van der Waals surface area contributed by atoms with Crippen molar-refractivity contribution in [3.05, 3.63) is 41.2 Å². The number of alkyl halides is 2. The van der Waals surface area contributed by atoms with Gasteiger partial charge >= 0.3 is 6.09 Å². The number of carbonyl (C=O) groups is 1. The highest BCUT2D eigenvalue weighted by Gasteiger charge is 2.29. The van der Waals surface area contributed by atoms with Gasteiger partial charge < -0.3 is 19.5 Å². The smallest absolute Gasteiger partial charge is 0.407 e. The number of nitrogens with zero attached hydrogens (tertiary/aromatic N) is 1. The molecule has 0 aliphatic carbocycles. The maximum absolute atomic E-state index is 14.1. The van der Waals surface area contributed by atoms with E-state index in [0.29, 0.717) is 12.0 Å². The minimum atomic E-state index is -2.79. The molecule has 0 saturated heterocycles. The SMILES string of the molecule is Cc1cc2c(cn1)COc1c-2ccc(OC[C@H](CC(C)C)NC(=O)OC(C)(C)C)c1C(F)F. The van der Waals surface area contributed by atoms with Crippen LogP contribution in [0, 0.1) is 12.8 Å². The zero-order valence-corrected chi connectivity index (χ0v) is 20.0. The number of benzene rings is 1. The third-order valence-corrected chi connectivity index (χ3v) is 5.08. The lowest BCUT2D eigenvalue weighted by Gasteiger charge is -2.27. The molecular formula is C25H32F2N2O4. The largest absolute Gasteiger partial charge is 0.491 e. The topological polar surface area (TPSA) is 69.7 Å². The van der Waals surface area contributed by atoms with Crippen molar-refractivity contribution in [1.29, 1.82) is 0 Å². The van der Waals surface area contributed by atoms with Crippen LogP contribution in [-0.4, -0.2) is 29.3 Å². The number of carbonyl (C=O) groups excluding carboxylic acids is 1. The molecule has 2 heterocycles. The van der Waals surface area contributed by atoms with Crippen LogP contribution in [0.3, 0.4) is 0 Å². The molecule has 0 unspecified atom stereocenters. The quantitative estimate of drug-likeness (QED) is 0.530. The van der Waals surface area contributed by atoms with E-state index in [1.54, 1.807) is 33.0 Å². The molecule has 8 heteroatoms. The van der Waals surface area contributed by atoms with Crippen LogP contribution in [0.2, 0.25) is 0 Å². The number of nitrogens with one attached hydrogen (secondary N) is 1. The number of fused-ring (bicyclic) bond motifs is 3. The van der Waals surface area contributed by atoms with Crippen LogP contribution in [0.5, 0.6) is 11.5 Å². The van der Waals surface area contributed by atoms with Gasteiger partial charge in [-0.15, -0.1) is 0 Å². The molecule has 1 N–H and O–H groups in total. The number of ether oxygens (including phenoxy) is 3. The summed E-state index contributed by atoms with van der Waals surface area (Å²) in [6.45, 7) is 11.4. The Hall–Kier alpha value is -2.90. The first kappa shape index (κ1) is 24.7. The van der Waals surface area contributed by atoms with E-state index in [2.05, 4.69) is 10.3 Å². The number of hydrogen-bond donors (Lipinski definition) is 1. The molecule has 1 aliphatic rings. The Kier molecular flexibility index (Phi) is 7.44. The number of aromatic nitrogens is 1. The Morgan fingerprint density at radius 2 is 1.97 bits per heavy atom. The van der Waals surface area contributed by atoms with Crippen molar-refractivity contribution in [1.82, 2.24) is 10.3 Å². The molecule has 1 aromatic carbocycles. The molecular weight excluding hydrogens is 430 g/mol. The first-order valence-electron chi connectivity index (χ1n) is 11.1. The summed E-state index contributed by atoms with van der Waals surface area (Å²) in [6.07, 6.45) is -1.05. The van der Waals surface area contributed by atoms with Gasteiger partial charge in [0, 0.05) is 23.0 Å². The lowest BCUT2D eigenvalue weighted by atomic mass is 9.95. The van der Waals surface area contributed by atoms with Crippen LogP contribution in [0.4, 0.5) is 13.6 Å². The molecule has 0 radical (unpaired) electrons. The number of hydrogen-bond acceptors (Lipinski definition) is 5. The summed E-state index contributed by atoms with van der Waals surface area (Å²) < 4.78 is 45.2. The summed E-state index contributed by atoms with van der Waals surface area (Å²) in [5.74, 6) is 0.419. The van der Waals surface area contributed by atoms with Crippen molar-refractivity contribution < 1.29 is 27.8 Å². The van der Waals surface area contributed by atoms with E-state index in [1.165, 1.54) is 6.07 Å². The molecule has 0 bridgehead atoms. The second-order valence-electron chi connectivity index (χ2n) is 9.71. The zero-order chi connectivity index (χ0) is 24.3. The fraction of sp³-hybridized carbons (Fsp3) is 0.520. The third-order valence-electron chi connectivity index (χ3n) is 5.08. The van der Waals surface area contributed by atoms with E-state index in [4.69, 9.17) is 14.2 Å². The number of alkyl carbamates (subject to hydrolysis) is 1. The summed E-state index contributed by atoms with van der Waals surface area (Å²) in [6, 6.07) is 4.73. The van der Waals surface area contributed by atoms with Gasteiger partial charge in [0.15, 0.2) is 0 Å². The second kappa shape index (κ2) is 9.93. The van der Waals surface area contributed by atoms with Crippen molar-refractivity contribution in [2.24, 2.45) is 5.92 Å². The minimum absolute atomic E-state index is 0.0234. The van der Waals surface area contributed by atoms with Gasteiger partial charge in [0.25, 0.3) is 6.43 Å². The predicted molar refractivity (Wildman–Crippen MR) is 122 cm³/mol. The summed E-state index contributed by atoms with van der Waals surface area (Å²) in [5, 5.41) is 2.79. The molecule has 0 fully saturated rings. The summed E-state index contributed by atoms with van der Waals surface area (Å²) >= 11 is 0. The molecule has 2 aromatic rings. The van der Waals surface area contributed by atoms with Gasteiger partial charge in [-0.05, 0) is 63.8 Å². The van der Waals surface area contributed by atoms with E-state index < -0.39 is 24.2 Å². The molecule has 1 amide bonds. The molecule has 1 atom stereocenters. The molecule has 1 aliphatic heterocycles. The monoisotopic (exact) mass is 462 g/mol. The number of pyridine rings is 1. The lowest BCUT2D eigenvalue weighted by molar-refractivity contribution is 0.0478. The van der Waals surface area contributed by atoms with E-state index in [0.717, 1.165) is 16.8 Å². The second-order valence-corrected chi connectivity index (χ2v) is 9.71. The van der Waals surface area contributed by atoms with E-state index in [9.17, 15) is 13.6 Å². The van der Waals surface area contributed by atoms with Crippen molar-refractivity contribution in [3.8, 4) is 22.6 Å². The number of halogens is 2. The van der Waals surface area contributed by atoms with Crippen LogP contribution >= 0.6 is 0 Å². The lowest BCUT2D eigenvalue weighted by Crippen LogP contribution is -2.42. The highest BCUT2D eigenvalue weighted by molar-refractivity contribution is 5.78. The molecule has 1 aromatic heterocycles.